The molecule has 0 aromatic heterocycles. The number of hydrogen-bond acceptors (Lipinski definition) is 5. The predicted octanol–water partition coefficient (Wildman–Crippen LogP) is 2.58. The van der Waals surface area contributed by atoms with Gasteiger partial charge in [0.05, 0.1) is 11.4 Å². The molecule has 2 amide bonds. The summed E-state index contributed by atoms with van der Waals surface area (Å²) in [5, 5.41) is 2.84. The molecule has 0 saturated carbocycles. The van der Waals surface area contributed by atoms with Crippen LogP contribution >= 0.6 is 0 Å². The van der Waals surface area contributed by atoms with Crippen molar-refractivity contribution in [2.24, 2.45) is 11.7 Å². The van der Waals surface area contributed by atoms with Crippen molar-refractivity contribution in [3.05, 3.63) is 60.2 Å². The number of primary amides is 1. The standard InChI is InChI=1S/C24H28N4O4S/c25-24(30)19-12-15-27(16-13-19)21-9-5-20(6-10-21)26-23(29)11-4-18-2-7-22(8-3-18)28-14-1-17-33(28,31)32/h2-11,19H,1,12-17H2,(H2,25,30)(H,26,29)/b11-4+. The van der Waals surface area contributed by atoms with Crippen molar-refractivity contribution in [3.8, 4) is 0 Å². The molecule has 0 radical (unpaired) electrons. The van der Waals surface area contributed by atoms with Gasteiger partial charge in [-0.2, -0.15) is 0 Å². The SMILES string of the molecule is NC(=O)C1CCN(c2ccc(NC(=O)/C=C/c3ccc(N4CCCS4(=O)=O)cc3)cc2)CC1. The number of rotatable bonds is 6. The minimum absolute atomic E-state index is 0.0453. The van der Waals surface area contributed by atoms with Crippen molar-refractivity contribution < 1.29 is 18.0 Å². The lowest BCUT2D eigenvalue weighted by Crippen LogP contribution is -2.38. The van der Waals surface area contributed by atoms with Crippen LogP contribution in [0.2, 0.25) is 0 Å². The van der Waals surface area contributed by atoms with Gasteiger partial charge in [-0.25, -0.2) is 8.42 Å². The number of piperidine rings is 1. The minimum Gasteiger partial charge on any atom is -0.371 e. The number of carbonyl (C=O) groups is 2. The van der Waals surface area contributed by atoms with Crippen LogP contribution in [0.4, 0.5) is 17.1 Å². The fraction of sp³-hybridized carbons (Fsp3) is 0.333. The summed E-state index contributed by atoms with van der Waals surface area (Å²) < 4.78 is 25.5. The second-order valence-electron chi connectivity index (χ2n) is 8.37. The van der Waals surface area contributed by atoms with Crippen LogP contribution in [0.15, 0.2) is 54.6 Å². The van der Waals surface area contributed by atoms with E-state index in [1.165, 1.54) is 10.4 Å². The van der Waals surface area contributed by atoms with Crippen LogP contribution in [-0.2, 0) is 19.6 Å². The molecular formula is C24H28N4O4S. The van der Waals surface area contributed by atoms with Crippen molar-refractivity contribution >= 4 is 45.0 Å². The highest BCUT2D eigenvalue weighted by molar-refractivity contribution is 7.93. The third-order valence-electron chi connectivity index (χ3n) is 6.10. The molecular weight excluding hydrogens is 440 g/mol. The maximum absolute atomic E-state index is 12.3. The number of nitrogens with two attached hydrogens (primary N) is 1. The molecule has 2 fully saturated rings. The minimum atomic E-state index is -3.20. The molecule has 2 aliphatic rings. The van der Waals surface area contributed by atoms with Gasteiger partial charge in [0.2, 0.25) is 21.8 Å². The molecule has 4 rings (SSSR count). The summed E-state index contributed by atoms with van der Waals surface area (Å²) in [7, 11) is -3.20. The van der Waals surface area contributed by atoms with Crippen molar-refractivity contribution in [3.63, 3.8) is 0 Å². The molecule has 0 bridgehead atoms. The molecule has 0 unspecified atom stereocenters. The van der Waals surface area contributed by atoms with Crippen LogP contribution in [0.5, 0.6) is 0 Å². The van der Waals surface area contributed by atoms with E-state index < -0.39 is 10.0 Å². The topological polar surface area (TPSA) is 113 Å². The molecule has 2 aromatic carbocycles. The lowest BCUT2D eigenvalue weighted by molar-refractivity contribution is -0.122. The normalized spacial score (nSPS) is 18.5. The molecule has 2 aliphatic heterocycles. The van der Waals surface area contributed by atoms with Crippen LogP contribution in [0, 0.1) is 5.92 Å². The number of amides is 2. The summed E-state index contributed by atoms with van der Waals surface area (Å²) in [5.74, 6) is -0.340. The zero-order valence-corrected chi connectivity index (χ0v) is 19.1. The fourth-order valence-corrected chi connectivity index (χ4v) is 5.78. The molecule has 2 aromatic rings. The average molecular weight is 469 g/mol. The van der Waals surface area contributed by atoms with E-state index in [0.717, 1.165) is 37.2 Å². The second kappa shape index (κ2) is 9.66. The monoisotopic (exact) mass is 468 g/mol. The Balaban J connectivity index is 1.30. The van der Waals surface area contributed by atoms with Crippen LogP contribution < -0.4 is 20.3 Å². The third-order valence-corrected chi connectivity index (χ3v) is 7.97. The van der Waals surface area contributed by atoms with Crippen LogP contribution in [0.1, 0.15) is 24.8 Å². The molecule has 0 aliphatic carbocycles. The zero-order chi connectivity index (χ0) is 23.4. The third kappa shape index (κ3) is 5.54. The number of anilines is 3. The lowest BCUT2D eigenvalue weighted by atomic mass is 9.96. The first-order valence-electron chi connectivity index (χ1n) is 11.1. The van der Waals surface area contributed by atoms with Gasteiger partial charge in [-0.1, -0.05) is 12.1 Å². The van der Waals surface area contributed by atoms with E-state index in [-0.39, 0.29) is 23.5 Å². The first-order chi connectivity index (χ1) is 15.8. The summed E-state index contributed by atoms with van der Waals surface area (Å²) in [6.45, 7) is 2.07. The number of nitrogens with one attached hydrogen (secondary N) is 1. The lowest BCUT2D eigenvalue weighted by Gasteiger charge is -2.32. The van der Waals surface area contributed by atoms with Gasteiger partial charge >= 0.3 is 0 Å². The Hall–Kier alpha value is -3.33. The van der Waals surface area contributed by atoms with E-state index >= 15 is 0 Å². The summed E-state index contributed by atoms with van der Waals surface area (Å²) in [6, 6.07) is 14.7. The fourth-order valence-electron chi connectivity index (χ4n) is 4.21. The molecule has 8 nitrogen and oxygen atoms in total. The number of hydrogen-bond donors (Lipinski definition) is 2. The summed E-state index contributed by atoms with van der Waals surface area (Å²) >= 11 is 0. The molecule has 0 atom stereocenters. The van der Waals surface area contributed by atoms with Gasteiger partial charge in [0.25, 0.3) is 0 Å². The summed E-state index contributed by atoms with van der Waals surface area (Å²) in [6.07, 6.45) is 5.29. The molecule has 9 heteroatoms. The van der Waals surface area contributed by atoms with Crippen molar-refractivity contribution in [1.29, 1.82) is 0 Å². The summed E-state index contributed by atoms with van der Waals surface area (Å²) in [5.41, 5.74) is 8.58. The number of carbonyl (C=O) groups excluding carboxylic acids is 2. The Morgan fingerprint density at radius 3 is 2.15 bits per heavy atom. The first kappa shape index (κ1) is 22.8. The molecule has 3 N–H and O–H groups in total. The van der Waals surface area contributed by atoms with E-state index in [9.17, 15) is 18.0 Å². The van der Waals surface area contributed by atoms with Gasteiger partial charge in [0.1, 0.15) is 0 Å². The molecule has 33 heavy (non-hydrogen) atoms. The van der Waals surface area contributed by atoms with Gasteiger partial charge in [0.15, 0.2) is 0 Å². The Morgan fingerprint density at radius 2 is 1.58 bits per heavy atom. The largest absolute Gasteiger partial charge is 0.371 e. The number of sulfonamides is 1. The number of nitrogens with zero attached hydrogens (tertiary/aromatic N) is 2. The Kier molecular flexibility index (Phi) is 6.69. The predicted molar refractivity (Wildman–Crippen MR) is 130 cm³/mol. The highest BCUT2D eigenvalue weighted by Gasteiger charge is 2.28. The Labute approximate surface area is 194 Å². The number of benzene rings is 2. The quantitative estimate of drug-likeness (QED) is 0.633. The van der Waals surface area contributed by atoms with Crippen LogP contribution in [-0.4, -0.2) is 45.6 Å². The smallest absolute Gasteiger partial charge is 0.248 e. The van der Waals surface area contributed by atoms with E-state index in [2.05, 4.69) is 10.2 Å². The van der Waals surface area contributed by atoms with Crippen molar-refractivity contribution in [2.75, 3.05) is 39.9 Å². The van der Waals surface area contributed by atoms with E-state index in [1.54, 1.807) is 30.3 Å². The summed E-state index contributed by atoms with van der Waals surface area (Å²) in [4.78, 5) is 25.8. The molecule has 0 spiro atoms. The Morgan fingerprint density at radius 1 is 0.939 bits per heavy atom. The highest BCUT2D eigenvalue weighted by atomic mass is 32.2. The first-order valence-corrected chi connectivity index (χ1v) is 12.7. The molecule has 174 valence electrons. The van der Waals surface area contributed by atoms with Crippen molar-refractivity contribution in [1.82, 2.24) is 0 Å². The van der Waals surface area contributed by atoms with Gasteiger partial charge in [-0.05, 0) is 67.3 Å². The van der Waals surface area contributed by atoms with E-state index in [1.807, 2.05) is 24.3 Å². The highest BCUT2D eigenvalue weighted by Crippen LogP contribution is 2.25. The Bertz CT molecular complexity index is 1140. The molecule has 2 heterocycles. The van der Waals surface area contributed by atoms with Gasteiger partial charge in [-0.3, -0.25) is 13.9 Å². The van der Waals surface area contributed by atoms with E-state index in [0.29, 0.717) is 24.3 Å². The zero-order valence-electron chi connectivity index (χ0n) is 18.3. The van der Waals surface area contributed by atoms with E-state index in [4.69, 9.17) is 5.73 Å². The van der Waals surface area contributed by atoms with Gasteiger partial charge in [-0.15, -0.1) is 0 Å². The van der Waals surface area contributed by atoms with Crippen LogP contribution in [0.25, 0.3) is 6.08 Å². The van der Waals surface area contributed by atoms with Crippen molar-refractivity contribution in [2.45, 2.75) is 19.3 Å². The van der Waals surface area contributed by atoms with Crippen LogP contribution in [0.3, 0.4) is 0 Å². The second-order valence-corrected chi connectivity index (χ2v) is 10.4. The maximum Gasteiger partial charge on any atom is 0.248 e. The average Bonchev–Trinajstić information content (AvgIpc) is 3.17. The van der Waals surface area contributed by atoms with Gasteiger partial charge in [0, 0.05) is 43.0 Å². The molecule has 2 saturated heterocycles. The maximum atomic E-state index is 12.3. The van der Waals surface area contributed by atoms with Gasteiger partial charge < -0.3 is 16.0 Å².